The first-order valence-corrected chi connectivity index (χ1v) is 19.4. The number of nitro groups is 1. The largest absolute Gasteiger partial charge is 0.381 e. The maximum atomic E-state index is 12.0. The van der Waals surface area contributed by atoms with Gasteiger partial charge in [-0.15, -0.1) is 0 Å². The van der Waals surface area contributed by atoms with Crippen LogP contribution in [0, 0.1) is 10.1 Å². The molecular formula is C40H45ClN8O3S. The van der Waals surface area contributed by atoms with Gasteiger partial charge in [0.25, 0.3) is 5.69 Å². The minimum atomic E-state index is -0.330. The molecule has 1 aromatic heterocycles. The molecule has 0 radical (unpaired) electrons. The van der Waals surface area contributed by atoms with Crippen molar-refractivity contribution in [3.63, 3.8) is 0 Å². The second kappa shape index (κ2) is 17.6. The number of benzene rings is 4. The van der Waals surface area contributed by atoms with Gasteiger partial charge in [0, 0.05) is 86.5 Å². The highest BCUT2D eigenvalue weighted by molar-refractivity contribution is 8.00. The highest BCUT2D eigenvalue weighted by atomic mass is 35.5. The van der Waals surface area contributed by atoms with Gasteiger partial charge in [-0.05, 0) is 96.9 Å². The lowest BCUT2D eigenvalue weighted by Crippen LogP contribution is -2.46. The van der Waals surface area contributed by atoms with Crippen molar-refractivity contribution < 1.29 is 9.66 Å². The summed E-state index contributed by atoms with van der Waals surface area (Å²) in [6.45, 7) is 8.31. The van der Waals surface area contributed by atoms with E-state index < -0.39 is 0 Å². The average Bonchev–Trinajstić information content (AvgIpc) is 3.19. The molecule has 0 amide bonds. The van der Waals surface area contributed by atoms with Crippen LogP contribution >= 0.6 is 23.5 Å². The fraction of sp³-hybridized carbons (Fsp3) is 0.350. The molecule has 3 heterocycles. The Balaban J connectivity index is 0.927. The molecule has 0 unspecified atom stereocenters. The standard InChI is InChI=1S/C40H45ClN8O3S/c1-52-33-15-19-46(20-16-33)18-4-17-42-37-14-12-34(26-39(37)49(50)51)53-45-40-36-13-11-32(25-38(36)43-28-44-40)48-23-21-47(22-24-48)27-30-5-2-3-6-35(30)29-7-9-31(41)10-8-29/h2-3,5-14,25-26,28,33,42H,4,15-24,27H2,1H3,(H,43,44,45). The normalized spacial score (nSPS) is 15.8. The van der Waals surface area contributed by atoms with Gasteiger partial charge in [-0.25, -0.2) is 9.97 Å². The molecule has 2 aliphatic rings. The summed E-state index contributed by atoms with van der Waals surface area (Å²) in [6, 6.07) is 28.2. The van der Waals surface area contributed by atoms with Crippen LogP contribution in [0.5, 0.6) is 0 Å². The Hall–Kier alpha value is -4.46. The van der Waals surface area contributed by atoms with E-state index in [1.807, 2.05) is 18.2 Å². The van der Waals surface area contributed by atoms with Crippen LogP contribution in [-0.4, -0.2) is 90.3 Å². The van der Waals surface area contributed by atoms with E-state index in [4.69, 9.17) is 16.3 Å². The molecular weight excluding hydrogens is 708 g/mol. The van der Waals surface area contributed by atoms with Crippen molar-refractivity contribution >= 4 is 57.3 Å². The number of anilines is 3. The lowest BCUT2D eigenvalue weighted by atomic mass is 9.99. The molecule has 2 aliphatic heterocycles. The molecule has 2 saturated heterocycles. The number of ether oxygens (including phenoxy) is 1. The van der Waals surface area contributed by atoms with E-state index in [0.717, 1.165) is 98.1 Å². The third-order valence-electron chi connectivity index (χ3n) is 10.2. The SMILES string of the molecule is COC1CCN(CCCNc2ccc(SNc3ncnc4cc(N5CCN(Cc6ccccc6-c6ccc(Cl)cc6)CC5)ccc34)cc2[N+](=O)[O-])CC1. The van der Waals surface area contributed by atoms with Crippen LogP contribution in [-0.2, 0) is 11.3 Å². The highest BCUT2D eigenvalue weighted by Gasteiger charge is 2.21. The summed E-state index contributed by atoms with van der Waals surface area (Å²) < 4.78 is 8.78. The van der Waals surface area contributed by atoms with Gasteiger partial charge in [0.1, 0.15) is 17.8 Å². The summed E-state index contributed by atoms with van der Waals surface area (Å²) in [7, 11) is 1.78. The van der Waals surface area contributed by atoms with Gasteiger partial charge in [0.2, 0.25) is 0 Å². The average molecular weight is 753 g/mol. The molecule has 0 bridgehead atoms. The van der Waals surface area contributed by atoms with Gasteiger partial charge in [-0.1, -0.05) is 48.0 Å². The van der Waals surface area contributed by atoms with Crippen LogP contribution in [0.2, 0.25) is 5.02 Å². The molecule has 5 aromatic rings. The maximum Gasteiger partial charge on any atom is 0.293 e. The molecule has 0 atom stereocenters. The summed E-state index contributed by atoms with van der Waals surface area (Å²) >= 11 is 7.44. The van der Waals surface area contributed by atoms with E-state index in [2.05, 4.69) is 89.3 Å². The number of nitrogens with zero attached hydrogens (tertiary/aromatic N) is 6. The van der Waals surface area contributed by atoms with Crippen molar-refractivity contribution in [3.05, 3.63) is 112 Å². The van der Waals surface area contributed by atoms with Crippen LogP contribution < -0.4 is 14.9 Å². The van der Waals surface area contributed by atoms with E-state index in [1.165, 1.54) is 28.6 Å². The van der Waals surface area contributed by atoms with Crippen molar-refractivity contribution in [2.45, 2.75) is 36.8 Å². The minimum absolute atomic E-state index is 0.0563. The molecule has 7 rings (SSSR count). The van der Waals surface area contributed by atoms with E-state index in [9.17, 15) is 10.1 Å². The topological polar surface area (TPSA) is 112 Å². The second-order valence-electron chi connectivity index (χ2n) is 13.5. The van der Waals surface area contributed by atoms with Crippen molar-refractivity contribution in [2.24, 2.45) is 0 Å². The molecule has 276 valence electrons. The third kappa shape index (κ3) is 9.38. The fourth-order valence-corrected chi connectivity index (χ4v) is 7.98. The number of piperidine rings is 1. The van der Waals surface area contributed by atoms with E-state index in [1.54, 1.807) is 25.6 Å². The number of fused-ring (bicyclic) bond motifs is 1. The molecule has 2 fully saturated rings. The first kappa shape index (κ1) is 36.9. The molecule has 0 aliphatic carbocycles. The number of likely N-dealkylation sites (tertiary alicyclic amines) is 1. The number of halogens is 1. The first-order valence-electron chi connectivity index (χ1n) is 18.2. The second-order valence-corrected chi connectivity index (χ2v) is 14.9. The molecule has 11 nitrogen and oxygen atoms in total. The third-order valence-corrected chi connectivity index (χ3v) is 11.2. The molecule has 13 heteroatoms. The van der Waals surface area contributed by atoms with Gasteiger partial charge in [0.05, 0.1) is 16.5 Å². The van der Waals surface area contributed by atoms with Crippen LogP contribution in [0.1, 0.15) is 24.8 Å². The number of hydrogen-bond acceptors (Lipinski definition) is 11. The predicted octanol–water partition coefficient (Wildman–Crippen LogP) is 8.21. The molecule has 2 N–H and O–H groups in total. The number of methoxy groups -OCH3 is 1. The van der Waals surface area contributed by atoms with Crippen LogP contribution in [0.25, 0.3) is 22.0 Å². The van der Waals surface area contributed by atoms with Crippen LogP contribution in [0.15, 0.2) is 96.2 Å². The monoisotopic (exact) mass is 752 g/mol. The minimum Gasteiger partial charge on any atom is -0.381 e. The van der Waals surface area contributed by atoms with Gasteiger partial charge in [0.15, 0.2) is 0 Å². The Morgan fingerprint density at radius 3 is 2.49 bits per heavy atom. The zero-order valence-corrected chi connectivity index (χ0v) is 31.5. The summed E-state index contributed by atoms with van der Waals surface area (Å²) in [5.74, 6) is 0.662. The summed E-state index contributed by atoms with van der Waals surface area (Å²) in [5.41, 5.74) is 6.29. The fourth-order valence-electron chi connectivity index (χ4n) is 7.17. The van der Waals surface area contributed by atoms with Crippen molar-refractivity contribution in [3.8, 4) is 11.1 Å². The Labute approximate surface area is 320 Å². The molecule has 53 heavy (non-hydrogen) atoms. The Kier molecular flexibility index (Phi) is 12.2. The van der Waals surface area contributed by atoms with Crippen molar-refractivity contribution in [1.29, 1.82) is 0 Å². The zero-order chi connectivity index (χ0) is 36.6. The van der Waals surface area contributed by atoms with Crippen LogP contribution in [0.3, 0.4) is 0 Å². The highest BCUT2D eigenvalue weighted by Crippen LogP contribution is 2.33. The van der Waals surface area contributed by atoms with E-state index in [0.29, 0.717) is 24.2 Å². The quantitative estimate of drug-likeness (QED) is 0.0496. The number of nitrogens with one attached hydrogen (secondary N) is 2. The number of rotatable bonds is 14. The van der Waals surface area contributed by atoms with Gasteiger partial charge < -0.3 is 24.6 Å². The lowest BCUT2D eigenvalue weighted by Gasteiger charge is -2.36. The number of hydrogen-bond donors (Lipinski definition) is 2. The van der Waals surface area contributed by atoms with Gasteiger partial charge in [-0.3, -0.25) is 15.0 Å². The predicted molar refractivity (Wildman–Crippen MR) is 216 cm³/mol. The van der Waals surface area contributed by atoms with E-state index in [-0.39, 0.29) is 10.6 Å². The van der Waals surface area contributed by atoms with Gasteiger partial charge >= 0.3 is 0 Å². The Morgan fingerprint density at radius 1 is 0.925 bits per heavy atom. The molecule has 0 spiro atoms. The summed E-state index contributed by atoms with van der Waals surface area (Å²) in [5, 5.41) is 16.9. The first-order chi connectivity index (χ1) is 25.9. The number of nitro benzene ring substituents is 1. The zero-order valence-electron chi connectivity index (χ0n) is 29.9. The maximum absolute atomic E-state index is 12.0. The summed E-state index contributed by atoms with van der Waals surface area (Å²) in [6.07, 6.45) is 4.93. The summed E-state index contributed by atoms with van der Waals surface area (Å²) in [4.78, 5) is 28.8. The number of piperazine rings is 1. The van der Waals surface area contributed by atoms with Crippen molar-refractivity contribution in [2.75, 3.05) is 74.4 Å². The van der Waals surface area contributed by atoms with Crippen LogP contribution in [0.4, 0.5) is 22.9 Å². The van der Waals surface area contributed by atoms with Crippen molar-refractivity contribution in [1.82, 2.24) is 19.8 Å². The smallest absolute Gasteiger partial charge is 0.293 e. The molecule has 0 saturated carbocycles. The van der Waals surface area contributed by atoms with E-state index >= 15 is 0 Å². The Bertz CT molecular complexity index is 2000. The Morgan fingerprint density at radius 2 is 1.72 bits per heavy atom. The molecule has 4 aromatic carbocycles. The van der Waals surface area contributed by atoms with Gasteiger partial charge in [-0.2, -0.15) is 0 Å². The number of aromatic nitrogens is 2. The lowest BCUT2D eigenvalue weighted by molar-refractivity contribution is -0.384.